The predicted molar refractivity (Wildman–Crippen MR) is 44.0 cm³/mol. The average molecular weight is 180 g/mol. The van der Waals surface area contributed by atoms with Gasteiger partial charge in [-0.05, 0) is 6.92 Å². The number of ether oxygens (including phenoxy) is 3. The summed E-state index contributed by atoms with van der Waals surface area (Å²) in [5.41, 5.74) is 0. The van der Waals surface area contributed by atoms with Crippen molar-refractivity contribution in [3.8, 4) is 0 Å². The molecule has 11 heavy (non-hydrogen) atoms. The molecule has 0 unspecified atom stereocenters. The maximum Gasteiger partial charge on any atom is 0.190 e. The Morgan fingerprint density at radius 2 is 2.00 bits per heavy atom. The maximum atomic E-state index is 5.16. The Balaban J connectivity index is 2.69. The van der Waals surface area contributed by atoms with Gasteiger partial charge in [-0.1, -0.05) is 0 Å². The minimum atomic E-state index is -0.557. The topological polar surface area (TPSA) is 36.9 Å². The van der Waals surface area contributed by atoms with Crippen molar-refractivity contribution in [1.29, 1.82) is 0 Å². The van der Waals surface area contributed by atoms with Gasteiger partial charge in [0, 0.05) is 13.7 Å². The third-order valence-corrected chi connectivity index (χ3v) is 1.85. The maximum absolute atomic E-state index is 5.16. The number of hydrogen-bond donors (Lipinski definition) is 0. The summed E-state index contributed by atoms with van der Waals surface area (Å²) in [4.78, 5) is 0. The molecule has 0 spiro atoms. The molecule has 4 nitrogen and oxygen atoms in total. The van der Waals surface area contributed by atoms with Gasteiger partial charge in [0.05, 0.1) is 6.23 Å². The monoisotopic (exact) mass is 180 g/mol. The van der Waals surface area contributed by atoms with Gasteiger partial charge in [0.15, 0.2) is 9.76 Å². The molecule has 0 radical (unpaired) electrons. The van der Waals surface area contributed by atoms with Crippen LogP contribution in [0, 0.1) is 0 Å². The van der Waals surface area contributed by atoms with Crippen molar-refractivity contribution in [2.75, 3.05) is 33.5 Å². The summed E-state index contributed by atoms with van der Waals surface area (Å²) in [6.07, 6.45) is 0.681. The van der Waals surface area contributed by atoms with E-state index in [0.717, 1.165) is 0 Å². The lowest BCUT2D eigenvalue weighted by molar-refractivity contribution is -0.0217. The van der Waals surface area contributed by atoms with Crippen LogP contribution in [0.5, 0.6) is 0 Å². The van der Waals surface area contributed by atoms with Gasteiger partial charge in [-0.2, -0.15) is 0 Å². The molecule has 0 saturated heterocycles. The van der Waals surface area contributed by atoms with Crippen LogP contribution in [0.1, 0.15) is 6.92 Å². The van der Waals surface area contributed by atoms with Crippen molar-refractivity contribution < 1.29 is 18.6 Å². The van der Waals surface area contributed by atoms with E-state index in [9.17, 15) is 0 Å². The molecule has 0 N–H and O–H groups in total. The van der Waals surface area contributed by atoms with Crippen LogP contribution in [0.15, 0.2) is 0 Å². The first-order chi connectivity index (χ1) is 5.41. The predicted octanol–water partition coefficient (Wildman–Crippen LogP) is -0.341. The fourth-order valence-electron chi connectivity index (χ4n) is 0.461. The summed E-state index contributed by atoms with van der Waals surface area (Å²) in [6.45, 7) is 3.39. The van der Waals surface area contributed by atoms with Crippen molar-refractivity contribution in [2.24, 2.45) is 0 Å². The number of hydrogen-bond acceptors (Lipinski definition) is 4. The highest BCUT2D eigenvalue weighted by Crippen LogP contribution is 1.77. The summed E-state index contributed by atoms with van der Waals surface area (Å²) >= 11 is 0. The van der Waals surface area contributed by atoms with Crippen LogP contribution in [0.2, 0.25) is 0 Å². The largest absolute Gasteiger partial charge is 0.400 e. The quantitative estimate of drug-likeness (QED) is 0.291. The minimum absolute atomic E-state index is 0.352. The SMILES string of the molecule is CCOCO[SiH2]COCOC. The molecule has 68 valence electrons. The zero-order valence-corrected chi connectivity index (χ0v) is 8.58. The Hall–Kier alpha value is 0.0569. The van der Waals surface area contributed by atoms with Crippen molar-refractivity contribution in [1.82, 2.24) is 0 Å². The van der Waals surface area contributed by atoms with Gasteiger partial charge in [-0.25, -0.2) is 0 Å². The van der Waals surface area contributed by atoms with Gasteiger partial charge in [0.25, 0.3) is 0 Å². The van der Waals surface area contributed by atoms with Gasteiger partial charge in [0.2, 0.25) is 0 Å². The van der Waals surface area contributed by atoms with E-state index < -0.39 is 9.76 Å². The van der Waals surface area contributed by atoms with Gasteiger partial charge in [-0.15, -0.1) is 0 Å². The Morgan fingerprint density at radius 1 is 1.18 bits per heavy atom. The van der Waals surface area contributed by atoms with E-state index in [2.05, 4.69) is 4.74 Å². The molecule has 0 aromatic rings. The molecule has 0 aliphatic rings. The highest BCUT2D eigenvalue weighted by Gasteiger charge is 1.88. The lowest BCUT2D eigenvalue weighted by Crippen LogP contribution is -2.11. The molecule has 5 heteroatoms. The van der Waals surface area contributed by atoms with Crippen LogP contribution in [-0.2, 0) is 18.6 Å². The van der Waals surface area contributed by atoms with Gasteiger partial charge < -0.3 is 18.6 Å². The summed E-state index contributed by atoms with van der Waals surface area (Å²) in [5, 5.41) is 0. The lowest BCUT2D eigenvalue weighted by atomic mass is 10.9. The van der Waals surface area contributed by atoms with E-state index in [1.807, 2.05) is 6.92 Å². The summed E-state index contributed by atoms with van der Waals surface area (Å²) in [5.74, 6) is 0. The summed E-state index contributed by atoms with van der Waals surface area (Å²) in [7, 11) is 1.04. The standard InChI is InChI=1S/C6H16O4Si/c1-3-8-5-10-11-6-9-4-7-2/h3-6,11H2,1-2H3. The first kappa shape index (κ1) is 11.1. The summed E-state index contributed by atoms with van der Waals surface area (Å²) in [6, 6.07) is 0. The van der Waals surface area contributed by atoms with Gasteiger partial charge >= 0.3 is 0 Å². The molecule has 0 aromatic heterocycles. The van der Waals surface area contributed by atoms with Crippen LogP contribution in [0.25, 0.3) is 0 Å². The minimum Gasteiger partial charge on any atom is -0.400 e. The molecule has 0 heterocycles. The van der Waals surface area contributed by atoms with Crippen molar-refractivity contribution in [3.63, 3.8) is 0 Å². The third kappa shape index (κ3) is 10.1. The Bertz CT molecular complexity index is 63.6. The molecular weight excluding hydrogens is 164 g/mol. The first-order valence-corrected chi connectivity index (χ1v) is 5.21. The molecule has 0 aromatic carbocycles. The van der Waals surface area contributed by atoms with Crippen LogP contribution < -0.4 is 0 Å². The smallest absolute Gasteiger partial charge is 0.190 e. The average Bonchev–Trinajstić information content (AvgIpc) is 2.03. The summed E-state index contributed by atoms with van der Waals surface area (Å²) < 4.78 is 19.8. The van der Waals surface area contributed by atoms with Crippen LogP contribution in [-0.4, -0.2) is 43.3 Å². The number of methoxy groups -OCH3 is 1. The second kappa shape index (κ2) is 10.1. The zero-order valence-electron chi connectivity index (χ0n) is 7.17. The Labute approximate surface area is 69.7 Å². The van der Waals surface area contributed by atoms with E-state index in [1.54, 1.807) is 7.11 Å². The van der Waals surface area contributed by atoms with Gasteiger partial charge in [0.1, 0.15) is 13.6 Å². The Morgan fingerprint density at radius 3 is 2.64 bits per heavy atom. The van der Waals surface area contributed by atoms with Crippen LogP contribution in [0.3, 0.4) is 0 Å². The van der Waals surface area contributed by atoms with Crippen LogP contribution in [0.4, 0.5) is 0 Å². The molecular formula is C6H16O4Si. The molecule has 0 bridgehead atoms. The highest BCUT2D eigenvalue weighted by atomic mass is 28.2. The zero-order chi connectivity index (χ0) is 8.36. The van der Waals surface area contributed by atoms with E-state index in [-0.39, 0.29) is 0 Å². The Kier molecular flexibility index (Phi) is 10.1. The molecule has 0 rings (SSSR count). The molecule has 0 atom stereocenters. The fraction of sp³-hybridized carbons (Fsp3) is 1.00. The van der Waals surface area contributed by atoms with Crippen molar-refractivity contribution in [2.45, 2.75) is 6.92 Å². The third-order valence-electron chi connectivity index (χ3n) is 0.944. The second-order valence-electron chi connectivity index (χ2n) is 1.83. The van der Waals surface area contributed by atoms with E-state index in [1.165, 1.54) is 0 Å². The fourth-order valence-corrected chi connectivity index (χ4v) is 1.05. The highest BCUT2D eigenvalue weighted by molar-refractivity contribution is 6.26. The number of rotatable bonds is 8. The molecule has 0 aliphatic heterocycles. The van der Waals surface area contributed by atoms with E-state index in [4.69, 9.17) is 13.9 Å². The van der Waals surface area contributed by atoms with Gasteiger partial charge in [-0.3, -0.25) is 0 Å². The van der Waals surface area contributed by atoms with E-state index in [0.29, 0.717) is 26.4 Å². The van der Waals surface area contributed by atoms with E-state index >= 15 is 0 Å². The molecule has 0 aliphatic carbocycles. The molecule has 0 saturated carbocycles. The lowest BCUT2D eigenvalue weighted by Gasteiger charge is -2.03. The van der Waals surface area contributed by atoms with Crippen LogP contribution >= 0.6 is 0 Å². The van der Waals surface area contributed by atoms with Crippen molar-refractivity contribution in [3.05, 3.63) is 0 Å². The normalized spacial score (nSPS) is 11.5. The van der Waals surface area contributed by atoms with Crippen molar-refractivity contribution >= 4 is 9.76 Å². The first-order valence-electron chi connectivity index (χ1n) is 3.64. The molecule has 0 amide bonds. The second-order valence-corrected chi connectivity index (χ2v) is 3.06. The molecule has 0 fully saturated rings.